The Labute approximate surface area is 114 Å². The normalized spacial score (nSPS) is 11.2. The lowest BCUT2D eigenvalue weighted by atomic mass is 9.92. The third kappa shape index (κ3) is 6.76. The van der Waals surface area contributed by atoms with E-state index in [2.05, 4.69) is 31.1 Å². The zero-order valence-corrected chi connectivity index (χ0v) is 11.8. The summed E-state index contributed by atoms with van der Waals surface area (Å²) >= 11 is 0. The number of pyridine rings is 1. The van der Waals surface area contributed by atoms with Gasteiger partial charge in [-0.15, -0.1) is 0 Å². The van der Waals surface area contributed by atoms with Crippen molar-refractivity contribution in [1.82, 2.24) is 10.3 Å². The van der Waals surface area contributed by atoms with Crippen LogP contribution in [0, 0.1) is 5.41 Å². The number of aliphatic hydroxyl groups is 1. The minimum atomic E-state index is -0.143. The number of amides is 1. The van der Waals surface area contributed by atoms with E-state index in [0.29, 0.717) is 18.0 Å². The summed E-state index contributed by atoms with van der Waals surface area (Å²) in [6.45, 7) is 6.91. The Kier molecular flexibility index (Phi) is 5.76. The van der Waals surface area contributed by atoms with Crippen LogP contribution in [-0.4, -0.2) is 29.1 Å². The predicted molar refractivity (Wildman–Crippen MR) is 72.7 cm³/mol. The smallest absolute Gasteiger partial charge is 0.257 e. The third-order valence-electron chi connectivity index (χ3n) is 2.53. The van der Waals surface area contributed by atoms with Crippen molar-refractivity contribution in [3.05, 3.63) is 24.0 Å². The number of rotatable bonds is 6. The zero-order chi connectivity index (χ0) is 14.3. The largest absolute Gasteiger partial charge is 0.482 e. The minimum absolute atomic E-state index is 0.0235. The third-order valence-corrected chi connectivity index (χ3v) is 2.53. The quantitative estimate of drug-likeness (QED) is 0.818. The Morgan fingerprint density at radius 3 is 2.68 bits per heavy atom. The Hall–Kier alpha value is -1.62. The first-order valence-corrected chi connectivity index (χ1v) is 6.36. The summed E-state index contributed by atoms with van der Waals surface area (Å²) in [5, 5.41) is 11.6. The molecule has 0 unspecified atom stereocenters. The van der Waals surface area contributed by atoms with Crippen LogP contribution >= 0.6 is 0 Å². The molecule has 1 rings (SSSR count). The fourth-order valence-electron chi connectivity index (χ4n) is 1.37. The summed E-state index contributed by atoms with van der Waals surface area (Å²) in [4.78, 5) is 15.5. The number of ether oxygens (including phenoxy) is 1. The molecule has 0 radical (unpaired) electrons. The molecular formula is C14H22N2O3. The minimum Gasteiger partial charge on any atom is -0.482 e. The molecule has 0 aromatic carbocycles. The molecule has 106 valence electrons. The van der Waals surface area contributed by atoms with Crippen molar-refractivity contribution in [3.8, 4) is 5.75 Å². The van der Waals surface area contributed by atoms with E-state index in [1.165, 1.54) is 6.20 Å². The van der Waals surface area contributed by atoms with Crippen molar-refractivity contribution in [3.63, 3.8) is 0 Å². The van der Waals surface area contributed by atoms with E-state index < -0.39 is 0 Å². The number of carbonyl (C=O) groups is 1. The molecule has 19 heavy (non-hydrogen) atoms. The molecule has 0 saturated heterocycles. The Morgan fingerprint density at radius 1 is 1.42 bits per heavy atom. The van der Waals surface area contributed by atoms with E-state index in [4.69, 9.17) is 9.84 Å². The Bertz CT molecular complexity index is 396. The van der Waals surface area contributed by atoms with Gasteiger partial charge in [-0.05, 0) is 24.0 Å². The van der Waals surface area contributed by atoms with Gasteiger partial charge in [-0.25, -0.2) is 0 Å². The van der Waals surface area contributed by atoms with Gasteiger partial charge in [-0.3, -0.25) is 9.78 Å². The second kappa shape index (κ2) is 7.09. The topological polar surface area (TPSA) is 71.5 Å². The summed E-state index contributed by atoms with van der Waals surface area (Å²) in [6.07, 6.45) is 2.42. The zero-order valence-electron chi connectivity index (χ0n) is 11.8. The summed E-state index contributed by atoms with van der Waals surface area (Å²) < 4.78 is 5.29. The monoisotopic (exact) mass is 266 g/mol. The second-order valence-electron chi connectivity index (χ2n) is 5.59. The van der Waals surface area contributed by atoms with E-state index in [9.17, 15) is 4.79 Å². The molecule has 1 amide bonds. The standard InChI is InChI=1S/C14H22N2O3/c1-14(2,3)6-7-15-13(18)10-19-12-5-4-11(9-17)16-8-12/h4-5,8,17H,6-7,9-10H2,1-3H3,(H,15,18). The van der Waals surface area contributed by atoms with Crippen LogP contribution in [-0.2, 0) is 11.4 Å². The number of nitrogens with zero attached hydrogens (tertiary/aromatic N) is 1. The summed E-state index contributed by atoms with van der Waals surface area (Å²) in [7, 11) is 0. The Balaban J connectivity index is 2.26. The molecule has 5 nitrogen and oxygen atoms in total. The molecule has 0 saturated carbocycles. The first-order chi connectivity index (χ1) is 8.90. The van der Waals surface area contributed by atoms with E-state index in [1.54, 1.807) is 12.1 Å². The van der Waals surface area contributed by atoms with Crippen LogP contribution in [0.5, 0.6) is 5.75 Å². The summed E-state index contributed by atoms with van der Waals surface area (Å²) in [5.74, 6) is 0.374. The lowest BCUT2D eigenvalue weighted by molar-refractivity contribution is -0.123. The molecule has 0 aliphatic heterocycles. The van der Waals surface area contributed by atoms with Crippen molar-refractivity contribution < 1.29 is 14.6 Å². The van der Waals surface area contributed by atoms with Crippen molar-refractivity contribution in [1.29, 1.82) is 0 Å². The molecule has 1 aromatic heterocycles. The molecule has 0 atom stereocenters. The first kappa shape index (κ1) is 15.4. The van der Waals surface area contributed by atoms with Gasteiger partial charge in [0.15, 0.2) is 6.61 Å². The number of aliphatic hydroxyl groups excluding tert-OH is 1. The van der Waals surface area contributed by atoms with Crippen LogP contribution in [0.2, 0.25) is 0 Å². The lowest BCUT2D eigenvalue weighted by Crippen LogP contribution is -2.31. The number of nitrogens with one attached hydrogen (secondary N) is 1. The van der Waals surface area contributed by atoms with Gasteiger partial charge in [0.25, 0.3) is 5.91 Å². The van der Waals surface area contributed by atoms with Gasteiger partial charge in [-0.2, -0.15) is 0 Å². The average molecular weight is 266 g/mol. The number of aromatic nitrogens is 1. The number of hydrogen-bond acceptors (Lipinski definition) is 4. The Morgan fingerprint density at radius 2 is 2.16 bits per heavy atom. The van der Waals surface area contributed by atoms with Crippen molar-refractivity contribution in [2.75, 3.05) is 13.2 Å². The van der Waals surface area contributed by atoms with Crippen molar-refractivity contribution in [2.45, 2.75) is 33.8 Å². The lowest BCUT2D eigenvalue weighted by Gasteiger charge is -2.18. The van der Waals surface area contributed by atoms with Crippen LogP contribution < -0.4 is 10.1 Å². The molecule has 1 heterocycles. The highest BCUT2D eigenvalue weighted by Crippen LogP contribution is 2.16. The van der Waals surface area contributed by atoms with Gasteiger partial charge in [-0.1, -0.05) is 20.8 Å². The van der Waals surface area contributed by atoms with Crippen LogP contribution in [0.15, 0.2) is 18.3 Å². The molecule has 0 bridgehead atoms. The molecule has 0 fully saturated rings. The van der Waals surface area contributed by atoms with Crippen molar-refractivity contribution >= 4 is 5.91 Å². The second-order valence-corrected chi connectivity index (χ2v) is 5.59. The van der Waals surface area contributed by atoms with E-state index >= 15 is 0 Å². The van der Waals surface area contributed by atoms with E-state index in [0.717, 1.165) is 6.42 Å². The van der Waals surface area contributed by atoms with Gasteiger partial charge in [0, 0.05) is 6.54 Å². The van der Waals surface area contributed by atoms with Crippen molar-refractivity contribution in [2.24, 2.45) is 5.41 Å². The molecule has 5 heteroatoms. The molecule has 0 spiro atoms. The molecule has 1 aromatic rings. The highest BCUT2D eigenvalue weighted by molar-refractivity contribution is 5.77. The van der Waals surface area contributed by atoms with Crippen LogP contribution in [0.4, 0.5) is 0 Å². The fourth-order valence-corrected chi connectivity index (χ4v) is 1.37. The molecule has 0 aliphatic rings. The highest BCUT2D eigenvalue weighted by Gasteiger charge is 2.10. The maximum absolute atomic E-state index is 11.5. The fraction of sp³-hybridized carbons (Fsp3) is 0.571. The summed E-state index contributed by atoms with van der Waals surface area (Å²) in [6, 6.07) is 3.34. The summed E-state index contributed by atoms with van der Waals surface area (Å²) in [5.41, 5.74) is 0.778. The molecule has 0 aliphatic carbocycles. The highest BCUT2D eigenvalue weighted by atomic mass is 16.5. The van der Waals surface area contributed by atoms with Gasteiger partial charge in [0.2, 0.25) is 0 Å². The van der Waals surface area contributed by atoms with Crippen LogP contribution in [0.25, 0.3) is 0 Å². The number of carbonyl (C=O) groups excluding carboxylic acids is 1. The molecule has 2 N–H and O–H groups in total. The SMILES string of the molecule is CC(C)(C)CCNC(=O)COc1ccc(CO)nc1. The number of hydrogen-bond donors (Lipinski definition) is 2. The van der Waals surface area contributed by atoms with Crippen LogP contribution in [0.3, 0.4) is 0 Å². The maximum atomic E-state index is 11.5. The van der Waals surface area contributed by atoms with E-state index in [1.807, 2.05) is 0 Å². The van der Waals surface area contributed by atoms with Gasteiger partial charge in [0.05, 0.1) is 18.5 Å². The van der Waals surface area contributed by atoms with Gasteiger partial charge in [0.1, 0.15) is 5.75 Å². The first-order valence-electron chi connectivity index (χ1n) is 6.36. The maximum Gasteiger partial charge on any atom is 0.257 e. The molecular weight excluding hydrogens is 244 g/mol. The van der Waals surface area contributed by atoms with Gasteiger partial charge >= 0.3 is 0 Å². The van der Waals surface area contributed by atoms with E-state index in [-0.39, 0.29) is 24.5 Å². The average Bonchev–Trinajstić information content (AvgIpc) is 2.35. The predicted octanol–water partition coefficient (Wildman–Crippen LogP) is 1.51. The van der Waals surface area contributed by atoms with Gasteiger partial charge < -0.3 is 15.2 Å². The van der Waals surface area contributed by atoms with Crippen LogP contribution in [0.1, 0.15) is 32.9 Å².